The second-order valence-electron chi connectivity index (χ2n) is 7.17. The number of nitrogens with one attached hydrogen (secondary N) is 1. The number of benzene rings is 3. The third-order valence-corrected chi connectivity index (χ3v) is 6.30. The van der Waals surface area contributed by atoms with E-state index < -0.39 is 15.6 Å². The number of sulfonamides is 1. The maximum Gasteiger partial charge on any atom is 0.240 e. The fourth-order valence-electron chi connectivity index (χ4n) is 3.09. The first-order valence-electron chi connectivity index (χ1n) is 9.25. The molecule has 0 aliphatic carbocycles. The van der Waals surface area contributed by atoms with Crippen LogP contribution >= 0.6 is 0 Å². The van der Waals surface area contributed by atoms with Crippen LogP contribution in [0.3, 0.4) is 0 Å². The number of aryl methyl sites for hydroxylation is 1. The van der Waals surface area contributed by atoms with Gasteiger partial charge in [-0.3, -0.25) is 0 Å². The van der Waals surface area contributed by atoms with Gasteiger partial charge >= 0.3 is 0 Å². The molecule has 2 N–H and O–H groups in total. The normalized spacial score (nSPS) is 13.7. The Kier molecular flexibility index (Phi) is 6.07. The van der Waals surface area contributed by atoms with Crippen LogP contribution < -0.4 is 9.46 Å². The van der Waals surface area contributed by atoms with E-state index in [0.717, 1.165) is 16.7 Å². The molecule has 0 saturated heterocycles. The molecule has 0 aliphatic rings. The molecule has 152 valence electrons. The third kappa shape index (κ3) is 4.85. The number of hydrogen-bond acceptors (Lipinski definition) is 4. The summed E-state index contributed by atoms with van der Waals surface area (Å²) in [5.41, 5.74) is 2.10. The van der Waals surface area contributed by atoms with E-state index >= 15 is 0 Å². The molecular weight excluding hydrogens is 386 g/mol. The molecule has 0 spiro atoms. The van der Waals surface area contributed by atoms with Gasteiger partial charge in [0.25, 0.3) is 0 Å². The van der Waals surface area contributed by atoms with E-state index in [4.69, 9.17) is 4.74 Å². The zero-order chi connectivity index (χ0) is 21.1. The van der Waals surface area contributed by atoms with Gasteiger partial charge in [0.15, 0.2) is 0 Å². The average Bonchev–Trinajstić information content (AvgIpc) is 2.73. The molecular formula is C23H25NO4S. The van der Waals surface area contributed by atoms with Gasteiger partial charge in [0.1, 0.15) is 11.4 Å². The summed E-state index contributed by atoms with van der Waals surface area (Å²) in [5, 5.41) is 10.8. The zero-order valence-electron chi connectivity index (χ0n) is 16.7. The number of methoxy groups -OCH3 is 1. The first kappa shape index (κ1) is 21.0. The molecule has 0 saturated carbocycles. The van der Waals surface area contributed by atoms with Crippen molar-refractivity contribution in [3.63, 3.8) is 0 Å². The minimum Gasteiger partial charge on any atom is -0.496 e. The Morgan fingerprint density at radius 1 is 0.966 bits per heavy atom. The van der Waals surface area contributed by atoms with Gasteiger partial charge in [-0.15, -0.1) is 0 Å². The van der Waals surface area contributed by atoms with Gasteiger partial charge in [0.05, 0.1) is 12.0 Å². The van der Waals surface area contributed by atoms with Crippen molar-refractivity contribution >= 4 is 10.0 Å². The Labute approximate surface area is 172 Å². The fraction of sp³-hybridized carbons (Fsp3) is 0.217. The molecule has 0 aromatic heterocycles. The smallest absolute Gasteiger partial charge is 0.240 e. The van der Waals surface area contributed by atoms with Crippen molar-refractivity contribution in [1.82, 2.24) is 4.72 Å². The van der Waals surface area contributed by atoms with E-state index in [0.29, 0.717) is 11.3 Å². The second kappa shape index (κ2) is 8.37. The van der Waals surface area contributed by atoms with Gasteiger partial charge in [-0.25, -0.2) is 13.1 Å². The van der Waals surface area contributed by atoms with Crippen molar-refractivity contribution in [2.75, 3.05) is 13.7 Å². The number of rotatable bonds is 7. The minimum atomic E-state index is -3.77. The molecule has 5 nitrogen and oxygen atoms in total. The molecule has 3 aromatic carbocycles. The maximum absolute atomic E-state index is 12.6. The Hall–Kier alpha value is -2.67. The average molecular weight is 412 g/mol. The summed E-state index contributed by atoms with van der Waals surface area (Å²) >= 11 is 0. The lowest BCUT2D eigenvalue weighted by molar-refractivity contribution is 0.0627. The van der Waals surface area contributed by atoms with Crippen LogP contribution in [0.15, 0.2) is 77.7 Å². The molecule has 3 rings (SSSR count). The molecule has 1 atom stereocenters. The van der Waals surface area contributed by atoms with Crippen molar-refractivity contribution in [2.45, 2.75) is 24.3 Å². The molecule has 0 fully saturated rings. The highest BCUT2D eigenvalue weighted by atomic mass is 32.2. The largest absolute Gasteiger partial charge is 0.496 e. The van der Waals surface area contributed by atoms with Gasteiger partial charge in [-0.05, 0) is 54.3 Å². The van der Waals surface area contributed by atoms with Gasteiger partial charge in [0, 0.05) is 6.54 Å². The summed E-state index contributed by atoms with van der Waals surface area (Å²) in [7, 11) is -2.23. The van der Waals surface area contributed by atoms with E-state index in [9.17, 15) is 13.5 Å². The van der Waals surface area contributed by atoms with Crippen molar-refractivity contribution in [3.8, 4) is 16.9 Å². The summed E-state index contributed by atoms with van der Waals surface area (Å²) in [4.78, 5) is 0.131. The molecule has 3 aromatic rings. The van der Waals surface area contributed by atoms with Crippen molar-refractivity contribution in [2.24, 2.45) is 0 Å². The Morgan fingerprint density at radius 2 is 1.59 bits per heavy atom. The molecule has 0 radical (unpaired) electrons. The highest BCUT2D eigenvalue weighted by Gasteiger charge is 2.26. The van der Waals surface area contributed by atoms with Crippen LogP contribution in [0.2, 0.25) is 0 Å². The third-order valence-electron chi connectivity index (χ3n) is 4.90. The Balaban J connectivity index is 1.74. The second-order valence-corrected chi connectivity index (χ2v) is 8.94. The summed E-state index contributed by atoms with van der Waals surface area (Å²) in [6, 6.07) is 22.0. The first-order chi connectivity index (χ1) is 13.7. The van der Waals surface area contributed by atoms with Crippen LogP contribution in [0, 0.1) is 6.92 Å². The molecule has 0 bridgehead atoms. The predicted molar refractivity (Wildman–Crippen MR) is 114 cm³/mol. The maximum atomic E-state index is 12.6. The number of aliphatic hydroxyl groups is 1. The fourth-order valence-corrected chi connectivity index (χ4v) is 4.31. The molecule has 0 aliphatic heterocycles. The SMILES string of the molecule is COc1ccc(S(=O)(=O)NCC(C)(O)c2ccc(-c3ccccc3)cc2)cc1C. The Bertz CT molecular complexity index is 1080. The van der Waals surface area contributed by atoms with E-state index in [1.807, 2.05) is 54.6 Å². The van der Waals surface area contributed by atoms with Crippen LogP contribution in [0.4, 0.5) is 0 Å². The number of ether oxygens (including phenoxy) is 1. The van der Waals surface area contributed by atoms with Crippen molar-refractivity contribution in [3.05, 3.63) is 83.9 Å². The molecule has 6 heteroatoms. The van der Waals surface area contributed by atoms with Crippen molar-refractivity contribution in [1.29, 1.82) is 0 Å². The summed E-state index contributed by atoms with van der Waals surface area (Å²) in [6.45, 7) is 3.22. The predicted octanol–water partition coefficient (Wildman–Crippen LogP) is 3.86. The lowest BCUT2D eigenvalue weighted by Gasteiger charge is -2.24. The van der Waals surface area contributed by atoms with Gasteiger partial charge in [0.2, 0.25) is 10.0 Å². The van der Waals surface area contributed by atoms with Crippen molar-refractivity contribution < 1.29 is 18.3 Å². The van der Waals surface area contributed by atoms with Crippen LogP contribution in [0.1, 0.15) is 18.1 Å². The van der Waals surface area contributed by atoms with Gasteiger partial charge in [-0.2, -0.15) is 0 Å². The Morgan fingerprint density at radius 3 is 2.17 bits per heavy atom. The van der Waals surface area contributed by atoms with Crippen LogP contribution in [-0.4, -0.2) is 27.2 Å². The summed E-state index contributed by atoms with van der Waals surface area (Å²) < 4.78 is 33.0. The molecule has 0 amide bonds. The minimum absolute atomic E-state index is 0.131. The van der Waals surface area contributed by atoms with Gasteiger partial charge in [-0.1, -0.05) is 54.6 Å². The van der Waals surface area contributed by atoms with Crippen LogP contribution in [0.5, 0.6) is 5.75 Å². The monoisotopic (exact) mass is 411 g/mol. The van der Waals surface area contributed by atoms with E-state index in [-0.39, 0.29) is 11.4 Å². The quantitative estimate of drug-likeness (QED) is 0.619. The first-order valence-corrected chi connectivity index (χ1v) is 10.7. The molecule has 0 heterocycles. The lowest BCUT2D eigenvalue weighted by atomic mass is 9.94. The van der Waals surface area contributed by atoms with E-state index in [2.05, 4.69) is 4.72 Å². The highest BCUT2D eigenvalue weighted by Crippen LogP contribution is 2.26. The molecule has 1 unspecified atom stereocenters. The zero-order valence-corrected chi connectivity index (χ0v) is 17.5. The standard InChI is InChI=1S/C23H25NO4S/c1-17-15-21(13-14-22(17)28-3)29(26,27)24-16-23(2,25)20-11-9-19(10-12-20)18-7-5-4-6-8-18/h4-15,24-25H,16H2,1-3H3. The highest BCUT2D eigenvalue weighted by molar-refractivity contribution is 7.89. The van der Waals surface area contributed by atoms with Crippen LogP contribution in [0.25, 0.3) is 11.1 Å². The van der Waals surface area contributed by atoms with Crippen LogP contribution in [-0.2, 0) is 15.6 Å². The van der Waals surface area contributed by atoms with Gasteiger partial charge < -0.3 is 9.84 Å². The van der Waals surface area contributed by atoms with E-state index in [1.165, 1.54) is 13.2 Å². The topological polar surface area (TPSA) is 75.6 Å². The van der Waals surface area contributed by atoms with E-state index in [1.54, 1.807) is 26.0 Å². The number of hydrogen-bond donors (Lipinski definition) is 2. The lowest BCUT2D eigenvalue weighted by Crippen LogP contribution is -2.38. The summed E-state index contributed by atoms with van der Waals surface area (Å²) in [6.07, 6.45) is 0. The summed E-state index contributed by atoms with van der Waals surface area (Å²) in [5.74, 6) is 0.620. The molecule has 29 heavy (non-hydrogen) atoms.